The number of hydrogen-bond donors (Lipinski definition) is 4. The van der Waals surface area contributed by atoms with Gasteiger partial charge in [0.05, 0.1) is 5.30 Å². The summed E-state index contributed by atoms with van der Waals surface area (Å²) in [5.74, 6) is -1.31. The molecule has 0 heterocycles. The average Bonchev–Trinajstić information content (AvgIpc) is 2.27. The minimum Gasteiger partial charge on any atom is -0.480 e. The number of carboxylic acid groups (broad SMARTS) is 1. The summed E-state index contributed by atoms with van der Waals surface area (Å²) in [5, 5.41) is 8.54. The third kappa shape index (κ3) is 3.54. The maximum absolute atomic E-state index is 11.3. The molecule has 0 radical (unpaired) electrons. The van der Waals surface area contributed by atoms with E-state index in [9.17, 15) is 19.1 Å². The molecule has 0 spiro atoms. The van der Waals surface area contributed by atoms with Crippen molar-refractivity contribution in [1.29, 1.82) is 0 Å². The van der Waals surface area contributed by atoms with Crippen LogP contribution in [0.25, 0.3) is 0 Å². The number of alkyl halides is 1. The number of aliphatic carboxylic acids is 1. The minimum absolute atomic E-state index is 0.0365. The van der Waals surface area contributed by atoms with Gasteiger partial charge >= 0.3 is 13.6 Å². The molecule has 0 fully saturated rings. The van der Waals surface area contributed by atoms with Gasteiger partial charge in [0.2, 0.25) is 0 Å². The van der Waals surface area contributed by atoms with Gasteiger partial charge in [-0.25, -0.2) is 0 Å². The van der Waals surface area contributed by atoms with Crippen LogP contribution >= 0.6 is 19.2 Å². The van der Waals surface area contributed by atoms with Crippen LogP contribution in [0.15, 0.2) is 18.2 Å². The largest absolute Gasteiger partial charge is 0.480 e. The van der Waals surface area contributed by atoms with Crippen molar-refractivity contribution in [2.45, 2.75) is 18.3 Å². The summed E-state index contributed by atoms with van der Waals surface area (Å²) in [6.07, 6.45) is -0.0365. The van der Waals surface area contributed by atoms with Crippen LogP contribution < -0.4 is 11.0 Å². The van der Waals surface area contributed by atoms with Gasteiger partial charge < -0.3 is 20.6 Å². The Morgan fingerprint density at radius 2 is 2.06 bits per heavy atom. The van der Waals surface area contributed by atoms with Crippen molar-refractivity contribution >= 4 is 30.5 Å². The summed E-state index contributed by atoms with van der Waals surface area (Å²) in [4.78, 5) is 29.0. The molecule has 0 saturated heterocycles. The number of hydrogen-bond acceptors (Lipinski definition) is 3. The first-order valence-corrected chi connectivity index (χ1v) is 7.13. The fourth-order valence-corrected chi connectivity index (χ4v) is 2.83. The highest BCUT2D eigenvalue weighted by Crippen LogP contribution is 2.36. The molecule has 0 aromatic heterocycles. The molecule has 1 unspecified atom stereocenters. The van der Waals surface area contributed by atoms with Crippen molar-refractivity contribution in [3.63, 3.8) is 0 Å². The van der Waals surface area contributed by atoms with Crippen LogP contribution in [0.1, 0.15) is 11.1 Å². The fraction of sp³-hybridized carbons (Fsp3) is 0.300. The van der Waals surface area contributed by atoms with E-state index in [0.717, 1.165) is 0 Å². The highest BCUT2D eigenvalue weighted by molar-refractivity contribution is 7.60. The molecule has 0 amide bonds. The fourth-order valence-electron chi connectivity index (χ4n) is 1.56. The molecular weight excluding hydrogens is 281 g/mol. The van der Waals surface area contributed by atoms with Gasteiger partial charge in [-0.3, -0.25) is 9.36 Å². The molecule has 6 nitrogen and oxygen atoms in total. The normalized spacial score (nSPS) is 13.3. The summed E-state index contributed by atoms with van der Waals surface area (Å²) in [7, 11) is -4.44. The molecule has 1 aromatic carbocycles. The maximum atomic E-state index is 11.3. The van der Waals surface area contributed by atoms with E-state index in [4.69, 9.17) is 22.4 Å². The molecule has 18 heavy (non-hydrogen) atoms. The number of carboxylic acids is 1. The molecule has 0 aliphatic carbocycles. The summed E-state index contributed by atoms with van der Waals surface area (Å²) in [6, 6.07) is 3.13. The Hall–Kier alpha value is -0.910. The summed E-state index contributed by atoms with van der Waals surface area (Å²) < 4.78 is 11.3. The van der Waals surface area contributed by atoms with Gasteiger partial charge in [0.1, 0.15) is 6.04 Å². The second-order valence-corrected chi connectivity index (χ2v) is 5.58. The topological polar surface area (TPSA) is 121 Å². The number of rotatable bonds is 5. The molecule has 100 valence electrons. The Balaban J connectivity index is 3.21. The van der Waals surface area contributed by atoms with E-state index in [1.54, 1.807) is 6.07 Å². The lowest BCUT2D eigenvalue weighted by atomic mass is 10.0. The van der Waals surface area contributed by atoms with Crippen LogP contribution in [0.3, 0.4) is 0 Å². The quantitative estimate of drug-likeness (QED) is 0.454. The molecule has 1 atom stereocenters. The zero-order valence-corrected chi connectivity index (χ0v) is 10.9. The third-order valence-corrected chi connectivity index (χ3v) is 3.77. The van der Waals surface area contributed by atoms with E-state index >= 15 is 0 Å². The van der Waals surface area contributed by atoms with Crippen LogP contribution in [0.2, 0.25) is 0 Å². The molecule has 0 bridgehead atoms. The van der Waals surface area contributed by atoms with E-state index < -0.39 is 19.6 Å². The predicted octanol–water partition coefficient (Wildman–Crippen LogP) is 0.183. The third-order valence-electron chi connectivity index (χ3n) is 2.45. The first kappa shape index (κ1) is 15.1. The van der Waals surface area contributed by atoms with E-state index in [-0.39, 0.29) is 23.2 Å². The Kier molecular flexibility index (Phi) is 4.90. The SMILES string of the molecule is NC(Cc1cccc(P(=O)(O)O)c1CCl)C(=O)O. The smallest absolute Gasteiger partial charge is 0.356 e. The molecule has 1 aromatic rings. The lowest BCUT2D eigenvalue weighted by molar-refractivity contribution is -0.138. The van der Waals surface area contributed by atoms with E-state index in [1.807, 2.05) is 0 Å². The second-order valence-electron chi connectivity index (χ2n) is 3.74. The predicted molar refractivity (Wildman–Crippen MR) is 67.0 cm³/mol. The van der Waals surface area contributed by atoms with Crippen LogP contribution in [0.4, 0.5) is 0 Å². The number of benzene rings is 1. The Labute approximate surface area is 109 Å². The van der Waals surface area contributed by atoms with Crippen molar-refractivity contribution in [2.75, 3.05) is 0 Å². The second kappa shape index (κ2) is 5.82. The summed E-state index contributed by atoms with van der Waals surface area (Å²) >= 11 is 5.67. The van der Waals surface area contributed by atoms with Crippen molar-refractivity contribution in [2.24, 2.45) is 5.73 Å². The molecular formula is C10H13ClNO5P. The lowest BCUT2D eigenvalue weighted by Crippen LogP contribution is -2.33. The standard InChI is InChI=1S/C10H13ClNO5P/c11-5-7-6(4-8(12)10(13)14)2-1-3-9(7)18(15,16)17/h1-3,8H,4-5,12H2,(H,13,14)(H2,15,16,17). The minimum atomic E-state index is -4.44. The zero-order chi connectivity index (χ0) is 13.9. The van der Waals surface area contributed by atoms with Crippen molar-refractivity contribution in [3.05, 3.63) is 29.3 Å². The van der Waals surface area contributed by atoms with E-state index in [1.165, 1.54) is 12.1 Å². The van der Waals surface area contributed by atoms with Gasteiger partial charge in [0.25, 0.3) is 0 Å². The van der Waals surface area contributed by atoms with Crippen molar-refractivity contribution < 1.29 is 24.3 Å². The highest BCUT2D eigenvalue weighted by Gasteiger charge is 2.24. The molecule has 8 heteroatoms. The summed E-state index contributed by atoms with van der Waals surface area (Å²) in [6.45, 7) is 0. The van der Waals surface area contributed by atoms with Crippen molar-refractivity contribution in [3.8, 4) is 0 Å². The maximum Gasteiger partial charge on any atom is 0.356 e. The van der Waals surface area contributed by atoms with Gasteiger partial charge in [-0.2, -0.15) is 0 Å². The van der Waals surface area contributed by atoms with Crippen LogP contribution in [0, 0.1) is 0 Å². The Morgan fingerprint density at radius 1 is 1.44 bits per heavy atom. The first-order chi connectivity index (χ1) is 8.27. The van der Waals surface area contributed by atoms with Gasteiger partial charge in [-0.05, 0) is 23.6 Å². The average molecular weight is 294 g/mol. The van der Waals surface area contributed by atoms with Gasteiger partial charge in [0.15, 0.2) is 0 Å². The summed E-state index contributed by atoms with van der Waals surface area (Å²) in [5.41, 5.74) is 6.07. The van der Waals surface area contributed by atoms with Crippen LogP contribution in [-0.4, -0.2) is 26.9 Å². The monoisotopic (exact) mass is 293 g/mol. The van der Waals surface area contributed by atoms with Crippen molar-refractivity contribution in [1.82, 2.24) is 0 Å². The molecule has 0 saturated carbocycles. The molecule has 0 aliphatic heterocycles. The zero-order valence-electron chi connectivity index (χ0n) is 9.28. The van der Waals surface area contributed by atoms with Gasteiger partial charge in [-0.1, -0.05) is 12.1 Å². The highest BCUT2D eigenvalue weighted by atomic mass is 35.5. The van der Waals surface area contributed by atoms with E-state index in [0.29, 0.717) is 5.56 Å². The first-order valence-electron chi connectivity index (χ1n) is 4.98. The van der Waals surface area contributed by atoms with Gasteiger partial charge in [0, 0.05) is 5.88 Å². The van der Waals surface area contributed by atoms with Crippen LogP contribution in [0.5, 0.6) is 0 Å². The lowest BCUT2D eigenvalue weighted by Gasteiger charge is -2.15. The van der Waals surface area contributed by atoms with E-state index in [2.05, 4.69) is 0 Å². The molecule has 1 rings (SSSR count). The molecule has 5 N–H and O–H groups in total. The number of nitrogens with two attached hydrogens (primary N) is 1. The molecule has 0 aliphatic rings. The van der Waals surface area contributed by atoms with Crippen LogP contribution in [-0.2, 0) is 21.7 Å². The number of halogens is 1. The number of carbonyl (C=O) groups is 1. The Morgan fingerprint density at radius 3 is 2.50 bits per heavy atom. The van der Waals surface area contributed by atoms with Gasteiger partial charge in [-0.15, -0.1) is 11.6 Å². The Bertz CT molecular complexity index is 501.